The Morgan fingerprint density at radius 2 is 2.22 bits per heavy atom. The predicted molar refractivity (Wildman–Crippen MR) is 75.0 cm³/mol. The molecule has 1 amide bonds. The van der Waals surface area contributed by atoms with Crippen molar-refractivity contribution in [3.63, 3.8) is 0 Å². The van der Waals surface area contributed by atoms with Crippen LogP contribution >= 0.6 is 11.8 Å². The van der Waals surface area contributed by atoms with Gasteiger partial charge in [0, 0.05) is 39.0 Å². The Kier molecular flexibility index (Phi) is 5.33. The number of ether oxygens (including phenoxy) is 1. The summed E-state index contributed by atoms with van der Waals surface area (Å²) in [6.07, 6.45) is 3.86. The van der Waals surface area contributed by atoms with E-state index in [4.69, 9.17) is 4.74 Å². The largest absolute Gasteiger partial charge is 0.377 e. The van der Waals surface area contributed by atoms with Gasteiger partial charge in [0.25, 0.3) is 0 Å². The number of rotatable bonds is 5. The van der Waals surface area contributed by atoms with Gasteiger partial charge in [0.05, 0.1) is 12.6 Å². The second-order valence-corrected chi connectivity index (χ2v) is 6.52. The molecule has 18 heavy (non-hydrogen) atoms. The lowest BCUT2D eigenvalue weighted by atomic mass is 10.1. The number of amides is 1. The van der Waals surface area contributed by atoms with E-state index in [1.807, 2.05) is 25.9 Å². The van der Waals surface area contributed by atoms with E-state index in [1.54, 1.807) is 4.90 Å². The molecule has 2 atom stereocenters. The van der Waals surface area contributed by atoms with Crippen LogP contribution in [0, 0.1) is 0 Å². The highest BCUT2D eigenvalue weighted by Gasteiger charge is 2.28. The molecule has 2 saturated heterocycles. The third-order valence-corrected chi connectivity index (χ3v) is 4.87. The average Bonchev–Trinajstić information content (AvgIpc) is 3.00. The number of hydrogen-bond acceptors (Lipinski definition) is 4. The summed E-state index contributed by atoms with van der Waals surface area (Å²) in [6.45, 7) is 2.35. The Bertz CT molecular complexity index is 274. The van der Waals surface area contributed by atoms with Crippen LogP contribution in [0.1, 0.15) is 19.3 Å². The molecule has 0 aliphatic carbocycles. The number of nitrogens with zero attached hydrogens (tertiary/aromatic N) is 2. The molecule has 0 saturated carbocycles. The van der Waals surface area contributed by atoms with Crippen LogP contribution in [0.5, 0.6) is 0 Å². The van der Waals surface area contributed by atoms with E-state index in [0.29, 0.717) is 18.7 Å². The van der Waals surface area contributed by atoms with Crippen LogP contribution in [0.15, 0.2) is 0 Å². The van der Waals surface area contributed by atoms with E-state index in [2.05, 4.69) is 4.90 Å². The van der Waals surface area contributed by atoms with E-state index in [9.17, 15) is 4.79 Å². The summed E-state index contributed by atoms with van der Waals surface area (Å²) in [4.78, 5) is 16.0. The van der Waals surface area contributed by atoms with Gasteiger partial charge in [0.2, 0.25) is 5.91 Å². The molecule has 0 radical (unpaired) electrons. The number of thioether (sulfide) groups is 1. The van der Waals surface area contributed by atoms with E-state index in [-0.39, 0.29) is 5.91 Å². The summed E-state index contributed by atoms with van der Waals surface area (Å²) >= 11 is 2.00. The second-order valence-electron chi connectivity index (χ2n) is 5.37. The third-order valence-electron chi connectivity index (χ3n) is 3.72. The lowest BCUT2D eigenvalue weighted by molar-refractivity contribution is -0.130. The second kappa shape index (κ2) is 6.78. The van der Waals surface area contributed by atoms with Gasteiger partial charge >= 0.3 is 0 Å². The monoisotopic (exact) mass is 272 g/mol. The minimum Gasteiger partial charge on any atom is -0.377 e. The van der Waals surface area contributed by atoms with Crippen LogP contribution in [-0.4, -0.2) is 73.2 Å². The van der Waals surface area contributed by atoms with Crippen molar-refractivity contribution >= 4 is 17.7 Å². The van der Waals surface area contributed by atoms with Crippen LogP contribution in [0.3, 0.4) is 0 Å². The van der Waals surface area contributed by atoms with Crippen LogP contribution in [-0.2, 0) is 9.53 Å². The molecule has 104 valence electrons. The lowest BCUT2D eigenvalue weighted by Crippen LogP contribution is -2.46. The molecule has 5 heteroatoms. The zero-order valence-electron chi connectivity index (χ0n) is 11.4. The van der Waals surface area contributed by atoms with Crippen molar-refractivity contribution in [3.8, 4) is 0 Å². The van der Waals surface area contributed by atoms with E-state index in [0.717, 1.165) is 25.3 Å². The highest BCUT2D eigenvalue weighted by Crippen LogP contribution is 2.24. The van der Waals surface area contributed by atoms with Crippen molar-refractivity contribution < 1.29 is 9.53 Å². The summed E-state index contributed by atoms with van der Waals surface area (Å²) in [5, 5.41) is 0. The van der Waals surface area contributed by atoms with Gasteiger partial charge in [-0.1, -0.05) is 0 Å². The molecule has 0 spiro atoms. The predicted octanol–water partition coefficient (Wildman–Crippen LogP) is 1.06. The topological polar surface area (TPSA) is 32.8 Å². The Labute approximate surface area is 114 Å². The third kappa shape index (κ3) is 3.87. The van der Waals surface area contributed by atoms with Crippen molar-refractivity contribution in [1.29, 1.82) is 0 Å². The first kappa shape index (κ1) is 14.2. The van der Waals surface area contributed by atoms with Gasteiger partial charge in [-0.25, -0.2) is 0 Å². The van der Waals surface area contributed by atoms with Crippen LogP contribution < -0.4 is 0 Å². The Balaban J connectivity index is 1.90. The quantitative estimate of drug-likeness (QED) is 0.749. The van der Waals surface area contributed by atoms with Gasteiger partial charge in [0.15, 0.2) is 0 Å². The summed E-state index contributed by atoms with van der Waals surface area (Å²) < 4.78 is 5.71. The summed E-state index contributed by atoms with van der Waals surface area (Å²) in [7, 11) is 3.66. The maximum absolute atomic E-state index is 11.9. The maximum atomic E-state index is 11.9. The number of likely N-dealkylation sites (N-methyl/N-ethyl adjacent to an activating group) is 1. The molecule has 2 fully saturated rings. The molecule has 0 aromatic carbocycles. The van der Waals surface area contributed by atoms with Gasteiger partial charge in [-0.05, 0) is 25.0 Å². The summed E-state index contributed by atoms with van der Waals surface area (Å²) in [5.41, 5.74) is 0. The minimum atomic E-state index is 0.199. The van der Waals surface area contributed by atoms with E-state index < -0.39 is 0 Å². The highest BCUT2D eigenvalue weighted by atomic mass is 32.2. The minimum absolute atomic E-state index is 0.199. The molecule has 0 bridgehead atoms. The van der Waals surface area contributed by atoms with Gasteiger partial charge in [0.1, 0.15) is 0 Å². The lowest BCUT2D eigenvalue weighted by Gasteiger charge is -2.30. The molecule has 4 nitrogen and oxygen atoms in total. The van der Waals surface area contributed by atoms with Crippen molar-refractivity contribution in [2.24, 2.45) is 0 Å². The van der Waals surface area contributed by atoms with E-state index >= 15 is 0 Å². The van der Waals surface area contributed by atoms with Crippen molar-refractivity contribution in [2.75, 3.05) is 45.3 Å². The smallest absolute Gasteiger partial charge is 0.236 e. The maximum Gasteiger partial charge on any atom is 0.236 e. The van der Waals surface area contributed by atoms with Gasteiger partial charge < -0.3 is 9.64 Å². The van der Waals surface area contributed by atoms with Crippen LogP contribution in [0.4, 0.5) is 0 Å². The number of hydrogen-bond donors (Lipinski definition) is 0. The first-order valence-electron chi connectivity index (χ1n) is 6.80. The molecule has 2 aliphatic rings. The number of carbonyl (C=O) groups excluding carboxylic acids is 1. The Morgan fingerprint density at radius 3 is 2.78 bits per heavy atom. The fourth-order valence-electron chi connectivity index (χ4n) is 2.52. The van der Waals surface area contributed by atoms with E-state index in [1.165, 1.54) is 18.6 Å². The molecule has 0 aromatic rings. The standard InChI is InChI=1S/C13H24N2O2S/c1-14(2)13(16)9-15(11-5-7-18-10-11)8-12-4-3-6-17-12/h11-12H,3-10H2,1-2H3. The van der Waals surface area contributed by atoms with Crippen molar-refractivity contribution in [1.82, 2.24) is 9.80 Å². The fourth-order valence-corrected chi connectivity index (χ4v) is 3.77. The zero-order chi connectivity index (χ0) is 13.0. The van der Waals surface area contributed by atoms with Crippen molar-refractivity contribution in [3.05, 3.63) is 0 Å². The molecule has 2 unspecified atom stereocenters. The molecule has 2 heterocycles. The molecular weight excluding hydrogens is 248 g/mol. The van der Waals surface area contributed by atoms with Crippen molar-refractivity contribution in [2.45, 2.75) is 31.4 Å². The number of carbonyl (C=O) groups is 1. The van der Waals surface area contributed by atoms with Crippen LogP contribution in [0.2, 0.25) is 0 Å². The zero-order valence-corrected chi connectivity index (χ0v) is 12.2. The normalized spacial score (nSPS) is 27.9. The molecule has 0 aromatic heterocycles. The Morgan fingerprint density at radius 1 is 1.39 bits per heavy atom. The highest BCUT2D eigenvalue weighted by molar-refractivity contribution is 7.99. The summed E-state index contributed by atoms with van der Waals surface area (Å²) in [6, 6.07) is 0.558. The molecule has 2 aliphatic heterocycles. The fraction of sp³-hybridized carbons (Fsp3) is 0.923. The van der Waals surface area contributed by atoms with Gasteiger partial charge in [-0.15, -0.1) is 0 Å². The first-order valence-corrected chi connectivity index (χ1v) is 7.96. The Hall–Kier alpha value is -0.260. The average molecular weight is 272 g/mol. The van der Waals surface area contributed by atoms with Crippen LogP contribution in [0.25, 0.3) is 0 Å². The van der Waals surface area contributed by atoms with Gasteiger partial charge in [-0.3, -0.25) is 9.69 Å². The van der Waals surface area contributed by atoms with Gasteiger partial charge in [-0.2, -0.15) is 11.8 Å². The molecule has 2 rings (SSSR count). The SMILES string of the molecule is CN(C)C(=O)CN(CC1CCCO1)C1CCSC1. The molecular formula is C13H24N2O2S. The molecule has 0 N–H and O–H groups in total. The summed E-state index contributed by atoms with van der Waals surface area (Å²) in [5.74, 6) is 2.58. The first-order chi connectivity index (χ1) is 8.66.